The van der Waals surface area contributed by atoms with Crippen LogP contribution in [0.25, 0.3) is 16.7 Å². The zero-order chi connectivity index (χ0) is 21.3. The van der Waals surface area contributed by atoms with E-state index in [-0.39, 0.29) is 30.5 Å². The van der Waals surface area contributed by atoms with Gasteiger partial charge in [0.2, 0.25) is 11.7 Å². The minimum atomic E-state index is -0.158. The first kappa shape index (κ1) is 20.1. The molecular weight excluding hydrogens is 402 g/mol. The van der Waals surface area contributed by atoms with Crippen molar-refractivity contribution < 1.29 is 4.79 Å². The van der Waals surface area contributed by atoms with Crippen LogP contribution in [0.15, 0.2) is 53.3 Å². The standard InChI is InChI=1S/C22H22ClN5O2/c1-14(2)24-20(29)12-11-19-25-26-22-27(13-15-7-3-5-9-17(15)23)21(30)16-8-4-6-10-18(16)28(19)22/h3-10,14H,11-13H2,1-2H3,(H,24,29). The Kier molecular flexibility index (Phi) is 5.55. The average molecular weight is 424 g/mol. The molecule has 2 heterocycles. The quantitative estimate of drug-likeness (QED) is 0.516. The lowest BCUT2D eigenvalue weighted by Crippen LogP contribution is -2.30. The summed E-state index contributed by atoms with van der Waals surface area (Å²) in [6.45, 7) is 4.12. The van der Waals surface area contributed by atoms with Gasteiger partial charge in [-0.3, -0.25) is 18.6 Å². The predicted octanol–water partition coefficient (Wildman–Crippen LogP) is 3.20. The summed E-state index contributed by atoms with van der Waals surface area (Å²) in [4.78, 5) is 25.3. The second kappa shape index (κ2) is 8.28. The van der Waals surface area contributed by atoms with Crippen molar-refractivity contribution in [3.05, 3.63) is 75.3 Å². The number of benzene rings is 2. The molecule has 2 aromatic carbocycles. The van der Waals surface area contributed by atoms with Crippen LogP contribution in [0.2, 0.25) is 5.02 Å². The van der Waals surface area contributed by atoms with E-state index >= 15 is 0 Å². The number of fused-ring (bicyclic) bond motifs is 3. The lowest BCUT2D eigenvalue weighted by atomic mass is 10.2. The highest BCUT2D eigenvalue weighted by Crippen LogP contribution is 2.19. The Balaban J connectivity index is 1.83. The van der Waals surface area contributed by atoms with E-state index in [0.29, 0.717) is 28.4 Å². The van der Waals surface area contributed by atoms with Crippen LogP contribution < -0.4 is 10.9 Å². The molecule has 2 aromatic heterocycles. The first-order valence-electron chi connectivity index (χ1n) is 9.84. The summed E-state index contributed by atoms with van der Waals surface area (Å²) < 4.78 is 3.43. The Morgan fingerprint density at radius 3 is 2.60 bits per heavy atom. The fourth-order valence-corrected chi connectivity index (χ4v) is 3.73. The van der Waals surface area contributed by atoms with Crippen LogP contribution in [-0.2, 0) is 17.8 Å². The molecule has 0 atom stereocenters. The van der Waals surface area contributed by atoms with Crippen molar-refractivity contribution in [1.29, 1.82) is 0 Å². The number of carbonyl (C=O) groups is 1. The maximum atomic E-state index is 13.2. The van der Waals surface area contributed by atoms with E-state index in [1.165, 1.54) is 0 Å². The van der Waals surface area contributed by atoms with Crippen molar-refractivity contribution in [1.82, 2.24) is 24.5 Å². The summed E-state index contributed by atoms with van der Waals surface area (Å²) in [5, 5.41) is 12.6. The summed E-state index contributed by atoms with van der Waals surface area (Å²) in [5.41, 5.74) is 1.38. The van der Waals surface area contributed by atoms with Crippen molar-refractivity contribution in [2.45, 2.75) is 39.3 Å². The number of rotatable bonds is 6. The average Bonchev–Trinajstić information content (AvgIpc) is 3.14. The van der Waals surface area contributed by atoms with Gasteiger partial charge in [0.25, 0.3) is 5.56 Å². The number of para-hydroxylation sites is 1. The summed E-state index contributed by atoms with van der Waals surface area (Å²) in [5.74, 6) is 1.02. The Hall–Kier alpha value is -3.19. The van der Waals surface area contributed by atoms with E-state index in [9.17, 15) is 9.59 Å². The third kappa shape index (κ3) is 3.80. The molecule has 154 valence electrons. The Labute approximate surface area is 178 Å². The summed E-state index contributed by atoms with van der Waals surface area (Å²) in [6.07, 6.45) is 0.699. The Bertz CT molecular complexity index is 1290. The molecule has 30 heavy (non-hydrogen) atoms. The molecule has 0 radical (unpaired) electrons. The molecule has 4 rings (SSSR count). The van der Waals surface area contributed by atoms with Gasteiger partial charge < -0.3 is 5.32 Å². The topological polar surface area (TPSA) is 81.3 Å². The highest BCUT2D eigenvalue weighted by molar-refractivity contribution is 6.31. The van der Waals surface area contributed by atoms with Crippen LogP contribution in [0.1, 0.15) is 31.7 Å². The number of halogens is 1. The fraction of sp³-hybridized carbons (Fsp3) is 0.273. The van der Waals surface area contributed by atoms with Crippen LogP contribution in [0.3, 0.4) is 0 Å². The molecule has 0 unspecified atom stereocenters. The van der Waals surface area contributed by atoms with Crippen LogP contribution >= 0.6 is 11.6 Å². The molecule has 0 aliphatic rings. The number of aryl methyl sites for hydroxylation is 1. The number of carbonyl (C=O) groups excluding carboxylic acids is 1. The van der Waals surface area contributed by atoms with E-state index in [4.69, 9.17) is 11.6 Å². The van der Waals surface area contributed by atoms with Gasteiger partial charge in [0, 0.05) is 23.9 Å². The van der Waals surface area contributed by atoms with Crippen LogP contribution in [0, 0.1) is 0 Å². The van der Waals surface area contributed by atoms with Gasteiger partial charge in [-0.25, -0.2) is 0 Å². The van der Waals surface area contributed by atoms with Gasteiger partial charge in [-0.2, -0.15) is 0 Å². The van der Waals surface area contributed by atoms with Crippen molar-refractivity contribution in [3.8, 4) is 0 Å². The highest BCUT2D eigenvalue weighted by Gasteiger charge is 2.18. The first-order chi connectivity index (χ1) is 14.5. The number of hydrogen-bond acceptors (Lipinski definition) is 4. The van der Waals surface area contributed by atoms with Gasteiger partial charge in [0.15, 0.2) is 0 Å². The number of nitrogens with one attached hydrogen (secondary N) is 1. The third-order valence-corrected chi connectivity index (χ3v) is 5.26. The lowest BCUT2D eigenvalue weighted by molar-refractivity contribution is -0.121. The smallest absolute Gasteiger partial charge is 0.263 e. The summed E-state index contributed by atoms with van der Waals surface area (Å²) in [7, 11) is 0. The molecule has 8 heteroatoms. The summed E-state index contributed by atoms with van der Waals surface area (Å²) >= 11 is 6.32. The normalized spacial score (nSPS) is 11.5. The van der Waals surface area contributed by atoms with Gasteiger partial charge in [0.05, 0.1) is 17.4 Å². The lowest BCUT2D eigenvalue weighted by Gasteiger charge is -2.12. The number of amides is 1. The third-order valence-electron chi connectivity index (χ3n) is 4.89. The van der Waals surface area contributed by atoms with Gasteiger partial charge in [0.1, 0.15) is 5.82 Å². The van der Waals surface area contributed by atoms with Crippen molar-refractivity contribution in [2.24, 2.45) is 0 Å². The Morgan fingerprint density at radius 2 is 1.83 bits per heavy atom. The maximum Gasteiger partial charge on any atom is 0.263 e. The number of aromatic nitrogens is 4. The van der Waals surface area contributed by atoms with E-state index in [2.05, 4.69) is 15.5 Å². The molecule has 7 nitrogen and oxygen atoms in total. The van der Waals surface area contributed by atoms with E-state index in [0.717, 1.165) is 11.1 Å². The molecule has 1 N–H and O–H groups in total. The van der Waals surface area contributed by atoms with Gasteiger partial charge in [-0.1, -0.05) is 41.9 Å². The molecular formula is C22H22ClN5O2. The second-order valence-corrected chi connectivity index (χ2v) is 7.88. The molecule has 1 amide bonds. The number of nitrogens with zero attached hydrogens (tertiary/aromatic N) is 4. The molecule has 4 aromatic rings. The molecule has 0 spiro atoms. The van der Waals surface area contributed by atoms with E-state index < -0.39 is 0 Å². The largest absolute Gasteiger partial charge is 0.354 e. The minimum absolute atomic E-state index is 0.0459. The van der Waals surface area contributed by atoms with Crippen molar-refractivity contribution in [3.63, 3.8) is 0 Å². The maximum absolute atomic E-state index is 13.2. The summed E-state index contributed by atoms with van der Waals surface area (Å²) in [6, 6.07) is 14.8. The number of hydrogen-bond donors (Lipinski definition) is 1. The van der Waals surface area contributed by atoms with Crippen LogP contribution in [0.5, 0.6) is 0 Å². The van der Waals surface area contributed by atoms with Gasteiger partial charge in [-0.15, -0.1) is 10.2 Å². The SMILES string of the molecule is CC(C)NC(=O)CCc1nnc2n(Cc3ccccc3Cl)c(=O)c3ccccc3n12. The zero-order valence-electron chi connectivity index (χ0n) is 16.8. The zero-order valence-corrected chi connectivity index (χ0v) is 17.6. The molecule has 0 aliphatic carbocycles. The minimum Gasteiger partial charge on any atom is -0.354 e. The molecule has 0 bridgehead atoms. The van der Waals surface area contributed by atoms with Crippen molar-refractivity contribution in [2.75, 3.05) is 0 Å². The highest BCUT2D eigenvalue weighted by atomic mass is 35.5. The predicted molar refractivity (Wildman–Crippen MR) is 117 cm³/mol. The first-order valence-corrected chi connectivity index (χ1v) is 10.2. The van der Waals surface area contributed by atoms with Crippen LogP contribution in [-0.4, -0.2) is 31.1 Å². The van der Waals surface area contributed by atoms with Gasteiger partial charge in [-0.05, 0) is 37.6 Å². The van der Waals surface area contributed by atoms with E-state index in [1.54, 1.807) is 16.7 Å². The molecule has 0 saturated heterocycles. The Morgan fingerprint density at radius 1 is 1.10 bits per heavy atom. The molecule has 0 saturated carbocycles. The molecule has 0 aliphatic heterocycles. The van der Waals surface area contributed by atoms with Crippen LogP contribution in [0.4, 0.5) is 0 Å². The van der Waals surface area contributed by atoms with Gasteiger partial charge >= 0.3 is 0 Å². The van der Waals surface area contributed by atoms with E-state index in [1.807, 2.05) is 54.6 Å². The fourth-order valence-electron chi connectivity index (χ4n) is 3.54. The monoisotopic (exact) mass is 423 g/mol. The second-order valence-electron chi connectivity index (χ2n) is 7.47. The van der Waals surface area contributed by atoms with Crippen molar-refractivity contribution >= 4 is 34.2 Å². The molecule has 0 fully saturated rings.